The van der Waals surface area contributed by atoms with Crippen molar-refractivity contribution in [3.05, 3.63) is 0 Å². The highest BCUT2D eigenvalue weighted by Crippen LogP contribution is 2.13. The molecule has 3 heteroatoms. The molecule has 0 aliphatic rings. The summed E-state index contributed by atoms with van der Waals surface area (Å²) in [6.07, 6.45) is 2.11. The largest absolute Gasteiger partial charge is 0.870 e. The van der Waals surface area contributed by atoms with Crippen LogP contribution in [0.2, 0.25) is 0 Å². The number of hydrogen-bond donors (Lipinski definition) is 1. The van der Waals surface area contributed by atoms with Crippen molar-refractivity contribution in [1.82, 2.24) is 0 Å². The third-order valence-electron chi connectivity index (χ3n) is 0.766. The summed E-state index contributed by atoms with van der Waals surface area (Å²) in [5.74, 6) is 0.620. The summed E-state index contributed by atoms with van der Waals surface area (Å²) >= 11 is 1.76. The molecule has 0 atom stereocenters. The predicted octanol–water partition coefficient (Wildman–Crippen LogP) is 1.06. The summed E-state index contributed by atoms with van der Waals surface area (Å²) in [5, 5.41) is 0. The van der Waals surface area contributed by atoms with Crippen molar-refractivity contribution in [1.29, 1.82) is 0 Å². The van der Waals surface area contributed by atoms with Gasteiger partial charge in [0, 0.05) is 5.92 Å². The van der Waals surface area contributed by atoms with Crippen LogP contribution in [0.25, 0.3) is 0 Å². The van der Waals surface area contributed by atoms with Crippen LogP contribution >= 0.6 is 11.9 Å². The van der Waals surface area contributed by atoms with Crippen molar-refractivity contribution in [3.8, 4) is 0 Å². The average Bonchev–Trinajstić information content (AvgIpc) is 1.59. The van der Waals surface area contributed by atoms with Gasteiger partial charge in [-0.15, -0.1) is 0 Å². The zero-order chi connectivity index (χ0) is 8.20. The highest BCUT2D eigenvalue weighted by atomic mass is 32.2. The Balaban J connectivity index is 0. The van der Waals surface area contributed by atoms with Gasteiger partial charge in [-0.25, -0.2) is 0 Å². The molecule has 68 valence electrons. The maximum Gasteiger partial charge on any atom is 0.162 e. The van der Waals surface area contributed by atoms with Crippen molar-refractivity contribution >= 4 is 18.2 Å². The normalized spacial score (nSPS) is 12.2. The third kappa shape index (κ3) is 13.0. The van der Waals surface area contributed by atoms with Gasteiger partial charge < -0.3 is 5.48 Å². The van der Waals surface area contributed by atoms with Gasteiger partial charge in [-0.1, -0.05) is 13.8 Å². The van der Waals surface area contributed by atoms with Crippen LogP contribution in [-0.2, 0) is 0 Å². The zero-order valence-corrected chi connectivity index (χ0v) is 8.83. The minimum atomic E-state index is 0. The predicted molar refractivity (Wildman–Crippen MR) is 51.1 cm³/mol. The summed E-state index contributed by atoms with van der Waals surface area (Å²) in [4.78, 5) is 0. The fourth-order valence-electron chi connectivity index (χ4n) is 0.347. The molecule has 2 N–H and O–H groups in total. The maximum atomic E-state index is 3.22. The number of hydrogen-bond acceptors (Lipinski definition) is 2. The SMILES string of the molecule is CC(C)C=[NH+]SC(C)(C)C.[OH-]. The van der Waals surface area contributed by atoms with Crippen LogP contribution in [0.1, 0.15) is 34.6 Å². The summed E-state index contributed by atoms with van der Waals surface area (Å²) in [5.41, 5.74) is 0. The van der Waals surface area contributed by atoms with Crippen molar-refractivity contribution in [2.75, 3.05) is 0 Å². The quantitative estimate of drug-likeness (QED) is 0.506. The first kappa shape index (κ1) is 13.6. The molecule has 0 bridgehead atoms. The van der Waals surface area contributed by atoms with Gasteiger partial charge in [-0.05, 0) is 20.8 Å². The van der Waals surface area contributed by atoms with E-state index in [9.17, 15) is 0 Å². The van der Waals surface area contributed by atoms with E-state index in [4.69, 9.17) is 0 Å². The number of nitrogens with one attached hydrogen (secondary N) is 1. The lowest BCUT2D eigenvalue weighted by Gasteiger charge is -2.06. The summed E-state index contributed by atoms with van der Waals surface area (Å²) in [6.45, 7) is 10.9. The first-order valence-corrected chi connectivity index (χ1v) is 4.50. The molecule has 0 radical (unpaired) electrons. The Labute approximate surface area is 73.9 Å². The van der Waals surface area contributed by atoms with Crippen LogP contribution in [0, 0.1) is 5.92 Å². The van der Waals surface area contributed by atoms with Gasteiger partial charge in [0.25, 0.3) is 0 Å². The fourth-order valence-corrected chi connectivity index (χ4v) is 1.04. The van der Waals surface area contributed by atoms with E-state index in [1.165, 1.54) is 0 Å². The second-order valence-electron chi connectivity index (χ2n) is 3.74. The summed E-state index contributed by atoms with van der Waals surface area (Å²) < 4.78 is 3.53. The van der Waals surface area contributed by atoms with Gasteiger partial charge in [-0.2, -0.15) is 4.40 Å². The van der Waals surface area contributed by atoms with Crippen molar-refractivity contribution in [3.63, 3.8) is 0 Å². The summed E-state index contributed by atoms with van der Waals surface area (Å²) in [7, 11) is 0. The molecule has 0 unspecified atom stereocenters. The summed E-state index contributed by atoms with van der Waals surface area (Å²) in [6, 6.07) is 0. The first-order chi connectivity index (χ1) is 4.42. The molecular formula is C8H19NOS. The molecule has 0 aliphatic heterocycles. The highest BCUT2D eigenvalue weighted by Gasteiger charge is 2.14. The van der Waals surface area contributed by atoms with Crippen LogP contribution in [-0.4, -0.2) is 16.4 Å². The van der Waals surface area contributed by atoms with Crippen molar-refractivity contribution in [2.45, 2.75) is 39.4 Å². The van der Waals surface area contributed by atoms with Gasteiger partial charge in [0.2, 0.25) is 0 Å². The molecule has 0 aromatic carbocycles. The monoisotopic (exact) mass is 177 g/mol. The molecule has 0 aromatic rings. The van der Waals surface area contributed by atoms with Gasteiger partial charge in [-0.3, -0.25) is 0 Å². The van der Waals surface area contributed by atoms with E-state index in [1.807, 2.05) is 0 Å². The van der Waals surface area contributed by atoms with E-state index in [2.05, 4.69) is 45.2 Å². The van der Waals surface area contributed by atoms with Gasteiger partial charge >= 0.3 is 0 Å². The lowest BCUT2D eigenvalue weighted by Crippen LogP contribution is -2.62. The molecule has 0 aromatic heterocycles. The van der Waals surface area contributed by atoms with Gasteiger partial charge in [0.15, 0.2) is 18.2 Å². The Hall–Kier alpha value is -0.0200. The van der Waals surface area contributed by atoms with Crippen LogP contribution in [0.4, 0.5) is 0 Å². The zero-order valence-electron chi connectivity index (χ0n) is 8.01. The molecule has 0 heterocycles. The lowest BCUT2D eigenvalue weighted by molar-refractivity contribution is -0.242. The average molecular weight is 177 g/mol. The molecular weight excluding hydrogens is 158 g/mol. The van der Waals surface area contributed by atoms with E-state index < -0.39 is 0 Å². The standard InChI is InChI=1S/C8H17NS.H2O/c1-7(2)6-9-10-8(3,4)5;/h6-7H,1-5H3;1H2. The minimum Gasteiger partial charge on any atom is -0.870 e. The lowest BCUT2D eigenvalue weighted by atomic mass is 10.3. The Morgan fingerprint density at radius 3 is 2.00 bits per heavy atom. The molecule has 0 saturated heterocycles. The highest BCUT2D eigenvalue weighted by molar-refractivity contribution is 7.94. The van der Waals surface area contributed by atoms with Gasteiger partial charge in [0.05, 0.1) is 4.75 Å². The molecule has 0 spiro atoms. The smallest absolute Gasteiger partial charge is 0.162 e. The Bertz CT molecular complexity index is 116. The van der Waals surface area contributed by atoms with Crippen LogP contribution in [0.5, 0.6) is 0 Å². The van der Waals surface area contributed by atoms with Crippen molar-refractivity contribution in [2.24, 2.45) is 5.92 Å². The first-order valence-electron chi connectivity index (χ1n) is 3.68. The fraction of sp³-hybridized carbons (Fsp3) is 0.875. The Morgan fingerprint density at radius 1 is 1.27 bits per heavy atom. The van der Waals surface area contributed by atoms with Crippen LogP contribution < -0.4 is 4.40 Å². The Morgan fingerprint density at radius 2 is 1.73 bits per heavy atom. The third-order valence-corrected chi connectivity index (χ3v) is 1.63. The molecule has 0 rings (SSSR count). The van der Waals surface area contributed by atoms with E-state index >= 15 is 0 Å². The van der Waals surface area contributed by atoms with Crippen molar-refractivity contribution < 1.29 is 9.87 Å². The maximum absolute atomic E-state index is 3.22. The van der Waals surface area contributed by atoms with Crippen LogP contribution in [0.3, 0.4) is 0 Å². The molecule has 2 nitrogen and oxygen atoms in total. The second kappa shape index (κ2) is 5.61. The Kier molecular flexibility index (Phi) is 6.91. The molecule has 0 fully saturated rings. The topological polar surface area (TPSA) is 44.0 Å². The number of rotatable bonds is 2. The molecule has 11 heavy (non-hydrogen) atoms. The molecule has 0 saturated carbocycles. The van der Waals surface area contributed by atoms with Crippen LogP contribution in [0.15, 0.2) is 0 Å². The van der Waals surface area contributed by atoms with E-state index in [0.717, 1.165) is 0 Å². The second-order valence-corrected chi connectivity index (χ2v) is 5.41. The van der Waals surface area contributed by atoms with E-state index in [0.29, 0.717) is 10.7 Å². The molecule has 0 aliphatic carbocycles. The molecule has 0 amide bonds. The van der Waals surface area contributed by atoms with E-state index in [-0.39, 0.29) is 5.48 Å². The minimum absolute atomic E-state index is 0. The van der Waals surface area contributed by atoms with E-state index in [1.54, 1.807) is 11.9 Å². The van der Waals surface area contributed by atoms with Gasteiger partial charge in [0.1, 0.15) is 0 Å².